The van der Waals surface area contributed by atoms with Crippen LogP contribution in [-0.2, 0) is 20.1 Å². The number of hydrogen-bond donors (Lipinski definition) is 0. The summed E-state index contributed by atoms with van der Waals surface area (Å²) in [5, 5.41) is 12.5. The Labute approximate surface area is 302 Å². The molecule has 4 heterocycles. The number of fused-ring (bicyclic) bond motifs is 11. The Hall–Kier alpha value is -5.93. The van der Waals surface area contributed by atoms with E-state index >= 15 is 0 Å². The fraction of sp³-hybridized carbons (Fsp3) is 0. The molecule has 0 atom stereocenters. The Morgan fingerprint density at radius 3 is 2.02 bits per heavy atom. The Bertz CT molecular complexity index is 2950. The van der Waals surface area contributed by atoms with E-state index in [1.165, 1.54) is 65.0 Å². The molecule has 1 radical (unpaired) electrons. The molecule has 3 nitrogen and oxygen atoms in total. The molecule has 0 unspecified atom stereocenters. The molecule has 4 aromatic heterocycles. The first kappa shape index (κ1) is 30.2. The maximum atomic E-state index is 4.88. The van der Waals surface area contributed by atoms with Crippen LogP contribution in [0.15, 0.2) is 164 Å². The van der Waals surface area contributed by atoms with Crippen molar-refractivity contribution < 1.29 is 20.1 Å². The Kier molecular flexibility index (Phi) is 7.35. The first-order chi connectivity index (χ1) is 24.3. The smallest absolute Gasteiger partial charge is 0.0523 e. The number of rotatable bonds is 2. The standard InChI is InChI=1S/C35H19N2.C11H8N.Ir/c1-2-7-23-21(6-1)12-14-25-24(23)16-17-29-26(25)18-19-36-34(29)22-13-15-28-31-10-5-9-30-27-8-3-4-11-32(27)37(35(30)31)33(28)20-22;1-2-6-10(7-3-1)11-8-4-5-9-12-11;/h1-12,14-20H;1-6,8-9H;/q2*-1;. The van der Waals surface area contributed by atoms with Crippen molar-refractivity contribution in [3.63, 3.8) is 0 Å². The SMILES string of the molecule is [Ir].[c-]1cc2c3cccc4c5ccccc5n(c2cc1-c1nccc2c1ccc1c5ccccc5ccc21)c43.[c-]1ccccc1-c1ccccn1. The van der Waals surface area contributed by atoms with Gasteiger partial charge in [0.15, 0.2) is 0 Å². The van der Waals surface area contributed by atoms with Crippen molar-refractivity contribution in [2.45, 2.75) is 0 Å². The van der Waals surface area contributed by atoms with E-state index in [-0.39, 0.29) is 20.1 Å². The van der Waals surface area contributed by atoms with Gasteiger partial charge in [-0.25, -0.2) is 0 Å². The number of benzene rings is 7. The minimum atomic E-state index is 0. The normalized spacial score (nSPS) is 11.4. The molecule has 0 bridgehead atoms. The second-order valence-corrected chi connectivity index (χ2v) is 12.4. The topological polar surface area (TPSA) is 30.2 Å². The maximum Gasteiger partial charge on any atom is 0.0523 e. The van der Waals surface area contributed by atoms with Gasteiger partial charge in [-0.1, -0.05) is 102 Å². The van der Waals surface area contributed by atoms with Crippen LogP contribution in [0.5, 0.6) is 0 Å². The second kappa shape index (κ2) is 12.2. The third-order valence-corrected chi connectivity index (χ3v) is 9.73. The second-order valence-electron chi connectivity index (χ2n) is 12.4. The largest absolute Gasteiger partial charge is 0.327 e. The van der Waals surface area contributed by atoms with Gasteiger partial charge in [0.2, 0.25) is 0 Å². The van der Waals surface area contributed by atoms with Crippen LogP contribution in [0.4, 0.5) is 0 Å². The summed E-state index contributed by atoms with van der Waals surface area (Å²) in [5.41, 5.74) is 7.72. The molecule has 0 amide bonds. The predicted molar refractivity (Wildman–Crippen MR) is 204 cm³/mol. The number of para-hydroxylation sites is 2. The molecule has 0 aliphatic carbocycles. The molecule has 4 heteroatoms. The summed E-state index contributed by atoms with van der Waals surface area (Å²) in [5.74, 6) is 0. The van der Waals surface area contributed by atoms with Crippen LogP contribution >= 0.6 is 0 Å². The molecule has 0 N–H and O–H groups in total. The maximum absolute atomic E-state index is 4.88. The fourth-order valence-corrected chi connectivity index (χ4v) is 7.55. The molecule has 0 aliphatic heterocycles. The molecule has 11 aromatic rings. The van der Waals surface area contributed by atoms with Crippen LogP contribution in [-0.4, -0.2) is 14.4 Å². The van der Waals surface area contributed by atoms with Gasteiger partial charge in [0.1, 0.15) is 0 Å². The molecular formula is C46H27IrN3-2. The van der Waals surface area contributed by atoms with Crippen LogP contribution in [0.1, 0.15) is 0 Å². The van der Waals surface area contributed by atoms with E-state index in [4.69, 9.17) is 4.98 Å². The molecular weight excluding hydrogens is 787 g/mol. The van der Waals surface area contributed by atoms with Crippen LogP contribution < -0.4 is 0 Å². The van der Waals surface area contributed by atoms with Crippen molar-refractivity contribution in [1.29, 1.82) is 0 Å². The van der Waals surface area contributed by atoms with Gasteiger partial charge in [-0.2, -0.15) is 0 Å². The van der Waals surface area contributed by atoms with Crippen LogP contribution in [0, 0.1) is 12.1 Å². The first-order valence-electron chi connectivity index (χ1n) is 16.5. The summed E-state index contributed by atoms with van der Waals surface area (Å²) >= 11 is 0. The summed E-state index contributed by atoms with van der Waals surface area (Å²) in [6.45, 7) is 0. The van der Waals surface area contributed by atoms with E-state index in [0.29, 0.717) is 0 Å². The Morgan fingerprint density at radius 1 is 0.440 bits per heavy atom. The first-order valence-corrected chi connectivity index (χ1v) is 16.5. The van der Waals surface area contributed by atoms with Gasteiger partial charge in [-0.05, 0) is 72.8 Å². The quantitative estimate of drug-likeness (QED) is 0.129. The average molecular weight is 814 g/mol. The third-order valence-electron chi connectivity index (χ3n) is 9.73. The molecule has 0 aliphatic rings. The van der Waals surface area contributed by atoms with Gasteiger partial charge < -0.3 is 14.4 Å². The minimum Gasteiger partial charge on any atom is -0.327 e. The van der Waals surface area contributed by atoms with Crippen molar-refractivity contribution in [3.05, 3.63) is 176 Å². The van der Waals surface area contributed by atoms with E-state index in [9.17, 15) is 0 Å². The Balaban J connectivity index is 0.000000221. The van der Waals surface area contributed by atoms with Crippen molar-refractivity contribution in [3.8, 4) is 22.5 Å². The van der Waals surface area contributed by atoms with Crippen molar-refractivity contribution in [2.24, 2.45) is 0 Å². The van der Waals surface area contributed by atoms with Crippen LogP contribution in [0.25, 0.3) is 92.9 Å². The third kappa shape index (κ3) is 4.68. The van der Waals surface area contributed by atoms with E-state index in [2.05, 4.69) is 131 Å². The number of pyridine rings is 2. The summed E-state index contributed by atoms with van der Waals surface area (Å²) in [4.78, 5) is 9.10. The monoisotopic (exact) mass is 814 g/mol. The van der Waals surface area contributed by atoms with Crippen LogP contribution in [0.2, 0.25) is 0 Å². The Morgan fingerprint density at radius 2 is 1.16 bits per heavy atom. The van der Waals surface area contributed by atoms with E-state index < -0.39 is 0 Å². The summed E-state index contributed by atoms with van der Waals surface area (Å²) in [7, 11) is 0. The molecule has 50 heavy (non-hydrogen) atoms. The van der Waals surface area contributed by atoms with E-state index in [1.54, 1.807) is 6.20 Å². The number of hydrogen-bond acceptors (Lipinski definition) is 2. The van der Waals surface area contributed by atoms with E-state index in [0.717, 1.165) is 27.9 Å². The molecule has 7 aromatic carbocycles. The number of aromatic nitrogens is 3. The van der Waals surface area contributed by atoms with Gasteiger partial charge in [-0.15, -0.1) is 59.7 Å². The minimum absolute atomic E-state index is 0. The van der Waals surface area contributed by atoms with Gasteiger partial charge in [-0.3, -0.25) is 0 Å². The fourth-order valence-electron chi connectivity index (χ4n) is 7.55. The number of nitrogens with zero attached hydrogens (tertiary/aromatic N) is 3. The van der Waals surface area contributed by atoms with Crippen molar-refractivity contribution >= 4 is 70.4 Å². The van der Waals surface area contributed by atoms with Gasteiger partial charge in [0, 0.05) is 43.3 Å². The molecule has 0 saturated carbocycles. The molecule has 11 rings (SSSR count). The van der Waals surface area contributed by atoms with Gasteiger partial charge in [0.25, 0.3) is 0 Å². The zero-order valence-corrected chi connectivity index (χ0v) is 29.2. The molecule has 0 fully saturated rings. The predicted octanol–water partition coefficient (Wildman–Crippen LogP) is 11.7. The summed E-state index contributed by atoms with van der Waals surface area (Å²) < 4.78 is 2.42. The van der Waals surface area contributed by atoms with Gasteiger partial charge in [0.05, 0.1) is 11.0 Å². The van der Waals surface area contributed by atoms with Crippen LogP contribution in [0.3, 0.4) is 0 Å². The molecule has 0 spiro atoms. The zero-order chi connectivity index (χ0) is 32.3. The van der Waals surface area contributed by atoms with Crippen molar-refractivity contribution in [2.75, 3.05) is 0 Å². The molecule has 237 valence electrons. The van der Waals surface area contributed by atoms with E-state index in [1.807, 2.05) is 48.7 Å². The molecule has 0 saturated heterocycles. The van der Waals surface area contributed by atoms with Crippen molar-refractivity contribution in [1.82, 2.24) is 14.4 Å². The summed E-state index contributed by atoms with van der Waals surface area (Å²) in [6.07, 6.45) is 3.72. The zero-order valence-electron chi connectivity index (χ0n) is 26.8. The summed E-state index contributed by atoms with van der Waals surface area (Å²) in [6, 6.07) is 59.8. The van der Waals surface area contributed by atoms with Gasteiger partial charge >= 0.3 is 0 Å². The average Bonchev–Trinajstić information content (AvgIpc) is 3.70.